The van der Waals surface area contributed by atoms with Crippen molar-refractivity contribution in [1.29, 1.82) is 0 Å². The first-order valence-electron chi connectivity index (χ1n) is 8.96. The topological polar surface area (TPSA) is 59.2 Å². The van der Waals surface area contributed by atoms with Crippen molar-refractivity contribution in [3.8, 4) is 0 Å². The van der Waals surface area contributed by atoms with Crippen LogP contribution in [0.25, 0.3) is 0 Å². The van der Waals surface area contributed by atoms with E-state index in [0.29, 0.717) is 35.1 Å². The molecule has 5 nitrogen and oxygen atoms in total. The van der Waals surface area contributed by atoms with Crippen LogP contribution in [0.3, 0.4) is 0 Å². The standard InChI is InChI=1S/C20H20FN3O2S/c1-12-18(27-13(2)23-12)20(25)24-9-5-8-17(24)19-22-11-15(26-19)10-14-6-3-4-7-16(14)21/h3-4,6-7,11,17H,5,8-10H2,1-2H3/t17-/m0/s1. The molecule has 1 saturated heterocycles. The van der Waals surface area contributed by atoms with E-state index in [-0.39, 0.29) is 17.8 Å². The van der Waals surface area contributed by atoms with Crippen molar-refractivity contribution in [2.24, 2.45) is 0 Å². The summed E-state index contributed by atoms with van der Waals surface area (Å²) in [6.07, 6.45) is 3.68. The number of hydrogen-bond acceptors (Lipinski definition) is 5. The largest absolute Gasteiger partial charge is 0.443 e. The Kier molecular flexibility index (Phi) is 4.78. The number of amides is 1. The molecule has 0 bridgehead atoms. The number of thiazole rings is 1. The summed E-state index contributed by atoms with van der Waals surface area (Å²) >= 11 is 1.42. The summed E-state index contributed by atoms with van der Waals surface area (Å²) in [7, 11) is 0. The number of oxazole rings is 1. The number of hydrogen-bond donors (Lipinski definition) is 0. The third-order valence-electron chi connectivity index (χ3n) is 4.79. The molecule has 1 aliphatic rings. The highest BCUT2D eigenvalue weighted by Gasteiger charge is 2.35. The maximum absolute atomic E-state index is 13.9. The SMILES string of the molecule is Cc1nc(C)c(C(=O)N2CCC[C@H]2c2ncc(Cc3ccccc3F)o2)s1. The summed E-state index contributed by atoms with van der Waals surface area (Å²) in [5.74, 6) is 0.837. The fraction of sp³-hybridized carbons (Fsp3) is 0.350. The first-order valence-corrected chi connectivity index (χ1v) is 9.77. The molecule has 0 aliphatic carbocycles. The second kappa shape index (κ2) is 7.23. The van der Waals surface area contributed by atoms with Gasteiger partial charge >= 0.3 is 0 Å². The molecule has 2 aromatic heterocycles. The van der Waals surface area contributed by atoms with Crippen LogP contribution in [-0.2, 0) is 6.42 Å². The Morgan fingerprint density at radius 2 is 2.19 bits per heavy atom. The van der Waals surface area contributed by atoms with Gasteiger partial charge in [0.1, 0.15) is 22.5 Å². The van der Waals surface area contributed by atoms with Gasteiger partial charge in [-0.25, -0.2) is 14.4 Å². The zero-order valence-corrected chi connectivity index (χ0v) is 16.1. The molecule has 0 spiro atoms. The molecule has 0 saturated carbocycles. The molecule has 0 unspecified atom stereocenters. The number of halogens is 1. The second-order valence-electron chi connectivity index (χ2n) is 6.74. The number of likely N-dealkylation sites (tertiary alicyclic amines) is 1. The Balaban J connectivity index is 1.54. The number of rotatable bonds is 4. The van der Waals surface area contributed by atoms with Crippen LogP contribution < -0.4 is 0 Å². The average Bonchev–Trinajstić information content (AvgIpc) is 3.36. The normalized spacial score (nSPS) is 16.9. The maximum atomic E-state index is 13.9. The van der Waals surface area contributed by atoms with Gasteiger partial charge in [0.15, 0.2) is 0 Å². The Morgan fingerprint density at radius 1 is 1.37 bits per heavy atom. The van der Waals surface area contributed by atoms with Gasteiger partial charge < -0.3 is 9.32 Å². The molecule has 1 atom stereocenters. The molecule has 1 aliphatic heterocycles. The minimum Gasteiger partial charge on any atom is -0.443 e. The summed E-state index contributed by atoms with van der Waals surface area (Å²) in [5, 5.41) is 0.884. The first-order chi connectivity index (χ1) is 13.0. The molecule has 0 N–H and O–H groups in total. The van der Waals surface area contributed by atoms with Gasteiger partial charge in [-0.15, -0.1) is 11.3 Å². The Hall–Kier alpha value is -2.54. The summed E-state index contributed by atoms with van der Waals surface area (Å²) in [5.41, 5.74) is 1.33. The van der Waals surface area contributed by atoms with Crippen LogP contribution in [0.5, 0.6) is 0 Å². The van der Waals surface area contributed by atoms with Gasteiger partial charge in [-0.2, -0.15) is 0 Å². The van der Waals surface area contributed by atoms with Crippen molar-refractivity contribution in [3.63, 3.8) is 0 Å². The van der Waals surface area contributed by atoms with Gasteiger partial charge in [0, 0.05) is 13.0 Å². The summed E-state index contributed by atoms with van der Waals surface area (Å²) < 4.78 is 19.8. The van der Waals surface area contributed by atoms with Gasteiger partial charge in [0.25, 0.3) is 5.91 Å². The zero-order chi connectivity index (χ0) is 19.0. The smallest absolute Gasteiger partial charge is 0.266 e. The Bertz CT molecular complexity index is 981. The predicted octanol–water partition coefficient (Wildman–Crippen LogP) is 4.46. The van der Waals surface area contributed by atoms with Crippen molar-refractivity contribution in [2.75, 3.05) is 6.54 Å². The van der Waals surface area contributed by atoms with Gasteiger partial charge in [0.2, 0.25) is 5.89 Å². The lowest BCUT2D eigenvalue weighted by Gasteiger charge is -2.21. The van der Waals surface area contributed by atoms with Crippen molar-refractivity contribution < 1.29 is 13.6 Å². The highest BCUT2D eigenvalue weighted by atomic mass is 32.1. The highest BCUT2D eigenvalue weighted by molar-refractivity contribution is 7.13. The molecule has 7 heteroatoms. The molecule has 4 rings (SSSR count). The molecule has 1 fully saturated rings. The molecular formula is C20H20FN3O2S. The lowest BCUT2D eigenvalue weighted by Crippen LogP contribution is -2.30. The Labute approximate surface area is 160 Å². The van der Waals surface area contributed by atoms with Gasteiger partial charge in [-0.05, 0) is 38.3 Å². The van der Waals surface area contributed by atoms with E-state index in [4.69, 9.17) is 4.42 Å². The van der Waals surface area contributed by atoms with Crippen LogP contribution in [-0.4, -0.2) is 27.3 Å². The Morgan fingerprint density at radius 3 is 2.93 bits per heavy atom. The van der Waals surface area contributed by atoms with Crippen molar-refractivity contribution in [1.82, 2.24) is 14.9 Å². The van der Waals surface area contributed by atoms with Gasteiger partial charge in [0.05, 0.1) is 16.9 Å². The average molecular weight is 385 g/mol. The first kappa shape index (κ1) is 17.9. The van der Waals surface area contributed by atoms with E-state index in [1.54, 1.807) is 24.4 Å². The van der Waals surface area contributed by atoms with E-state index >= 15 is 0 Å². The van der Waals surface area contributed by atoms with E-state index in [1.165, 1.54) is 17.4 Å². The molecular weight excluding hydrogens is 365 g/mol. The minimum absolute atomic E-state index is 0.0190. The van der Waals surface area contributed by atoms with Gasteiger partial charge in [-0.1, -0.05) is 18.2 Å². The second-order valence-corrected chi connectivity index (χ2v) is 7.94. The number of carbonyl (C=O) groups is 1. The maximum Gasteiger partial charge on any atom is 0.266 e. The van der Waals surface area contributed by atoms with E-state index in [9.17, 15) is 9.18 Å². The number of aryl methyl sites for hydroxylation is 2. The fourth-order valence-electron chi connectivity index (χ4n) is 3.51. The van der Waals surface area contributed by atoms with Crippen molar-refractivity contribution in [3.05, 3.63) is 69.1 Å². The van der Waals surface area contributed by atoms with Crippen LogP contribution >= 0.6 is 11.3 Å². The fourth-order valence-corrected chi connectivity index (χ4v) is 4.39. The monoisotopic (exact) mass is 385 g/mol. The molecule has 1 amide bonds. The lowest BCUT2D eigenvalue weighted by molar-refractivity contribution is 0.0718. The quantitative estimate of drug-likeness (QED) is 0.665. The number of nitrogens with zero attached hydrogens (tertiary/aromatic N) is 3. The minimum atomic E-state index is -0.260. The molecule has 1 aromatic carbocycles. The van der Waals surface area contributed by atoms with Crippen LogP contribution in [0.4, 0.5) is 4.39 Å². The number of carbonyl (C=O) groups excluding carboxylic acids is 1. The molecule has 27 heavy (non-hydrogen) atoms. The van der Waals surface area contributed by atoms with E-state index in [1.807, 2.05) is 18.7 Å². The predicted molar refractivity (Wildman–Crippen MR) is 100 cm³/mol. The summed E-state index contributed by atoms with van der Waals surface area (Å²) in [4.78, 5) is 24.2. The van der Waals surface area contributed by atoms with Crippen LogP contribution in [0.1, 0.15) is 56.5 Å². The van der Waals surface area contributed by atoms with E-state index in [2.05, 4.69) is 9.97 Å². The van der Waals surface area contributed by atoms with Crippen LogP contribution in [0.15, 0.2) is 34.9 Å². The van der Waals surface area contributed by atoms with Crippen LogP contribution in [0, 0.1) is 19.7 Å². The van der Waals surface area contributed by atoms with Crippen molar-refractivity contribution >= 4 is 17.2 Å². The third kappa shape index (κ3) is 3.51. The molecule has 140 valence electrons. The molecule has 3 heterocycles. The summed E-state index contributed by atoms with van der Waals surface area (Å²) in [6.45, 7) is 4.43. The van der Waals surface area contributed by atoms with Gasteiger partial charge in [-0.3, -0.25) is 4.79 Å². The van der Waals surface area contributed by atoms with E-state index < -0.39 is 0 Å². The van der Waals surface area contributed by atoms with Crippen LogP contribution in [0.2, 0.25) is 0 Å². The highest BCUT2D eigenvalue weighted by Crippen LogP contribution is 2.34. The number of aromatic nitrogens is 2. The zero-order valence-electron chi connectivity index (χ0n) is 15.2. The lowest BCUT2D eigenvalue weighted by atomic mass is 10.1. The van der Waals surface area contributed by atoms with E-state index in [0.717, 1.165) is 23.5 Å². The molecule has 3 aromatic rings. The third-order valence-corrected chi connectivity index (χ3v) is 5.85. The van der Waals surface area contributed by atoms with Crippen molar-refractivity contribution in [2.45, 2.75) is 39.2 Å². The summed E-state index contributed by atoms with van der Waals surface area (Å²) in [6, 6.07) is 6.44. The molecule has 0 radical (unpaired) electrons. The number of benzene rings is 1.